The molecule has 0 saturated heterocycles. The number of ether oxygens (including phenoxy) is 2. The zero-order valence-electron chi connectivity index (χ0n) is 17.8. The van der Waals surface area contributed by atoms with Gasteiger partial charge in [-0.15, -0.1) is 0 Å². The van der Waals surface area contributed by atoms with Crippen molar-refractivity contribution in [1.29, 1.82) is 0 Å². The summed E-state index contributed by atoms with van der Waals surface area (Å²) in [5.41, 5.74) is 5.22. The van der Waals surface area contributed by atoms with Crippen molar-refractivity contribution in [3.63, 3.8) is 0 Å². The molecule has 1 aromatic heterocycles. The van der Waals surface area contributed by atoms with Crippen molar-refractivity contribution in [3.05, 3.63) is 83.2 Å². The first-order valence-electron chi connectivity index (χ1n) is 10.1. The zero-order valence-corrected chi connectivity index (χ0v) is 18.6. The second kappa shape index (κ2) is 8.78. The molecule has 1 aliphatic heterocycles. The van der Waals surface area contributed by atoms with Crippen LogP contribution in [0.2, 0.25) is 0 Å². The molecular formula is C25H25N2O3S+. The van der Waals surface area contributed by atoms with Gasteiger partial charge in [0.25, 0.3) is 5.70 Å². The lowest BCUT2D eigenvalue weighted by molar-refractivity contribution is -0.576. The van der Waals surface area contributed by atoms with Crippen LogP contribution in [0.1, 0.15) is 22.3 Å². The first kappa shape index (κ1) is 20.9. The van der Waals surface area contributed by atoms with Crippen LogP contribution in [0.25, 0.3) is 11.5 Å². The first-order valence-corrected chi connectivity index (χ1v) is 10.5. The Bertz CT molecular complexity index is 1170. The highest BCUT2D eigenvalue weighted by Gasteiger charge is 2.26. The van der Waals surface area contributed by atoms with Gasteiger partial charge < -0.3 is 19.9 Å². The van der Waals surface area contributed by atoms with Crippen molar-refractivity contribution in [1.82, 2.24) is 0 Å². The molecule has 31 heavy (non-hydrogen) atoms. The van der Waals surface area contributed by atoms with E-state index in [4.69, 9.17) is 21.7 Å². The number of anilines is 1. The van der Waals surface area contributed by atoms with E-state index < -0.39 is 0 Å². The number of aromatic nitrogens is 1. The Balaban J connectivity index is 1.82. The van der Waals surface area contributed by atoms with Crippen LogP contribution in [0.4, 0.5) is 5.69 Å². The Labute approximate surface area is 187 Å². The Kier molecular flexibility index (Phi) is 5.91. The van der Waals surface area contributed by atoms with Crippen molar-refractivity contribution in [2.24, 2.45) is 0 Å². The summed E-state index contributed by atoms with van der Waals surface area (Å²) in [6.45, 7) is 7.05. The van der Waals surface area contributed by atoms with Crippen LogP contribution in [0, 0.1) is 20.8 Å². The molecule has 0 radical (unpaired) electrons. The Morgan fingerprint density at radius 2 is 1.68 bits per heavy atom. The minimum Gasteiger partial charge on any atom is -0.502 e. The van der Waals surface area contributed by atoms with Crippen LogP contribution < -0.4 is 19.4 Å². The largest absolute Gasteiger partial charge is 0.502 e. The van der Waals surface area contributed by atoms with E-state index in [0.717, 1.165) is 22.4 Å². The summed E-state index contributed by atoms with van der Waals surface area (Å²) >= 11 is 5.79. The topological polar surface area (TPSA) is 54.6 Å². The molecule has 2 heterocycles. The van der Waals surface area contributed by atoms with Gasteiger partial charge in [0.05, 0.1) is 0 Å². The third-order valence-corrected chi connectivity index (χ3v) is 5.48. The molecule has 2 aromatic carbocycles. The van der Waals surface area contributed by atoms with Crippen molar-refractivity contribution in [3.8, 4) is 11.5 Å². The third kappa shape index (κ3) is 4.39. The van der Waals surface area contributed by atoms with Crippen LogP contribution in [0.3, 0.4) is 0 Å². The summed E-state index contributed by atoms with van der Waals surface area (Å²) in [7, 11) is 0. The Morgan fingerprint density at radius 3 is 2.39 bits per heavy atom. The number of pyridine rings is 1. The summed E-state index contributed by atoms with van der Waals surface area (Å²) in [4.78, 5) is 0.417. The number of benzene rings is 2. The fourth-order valence-corrected chi connectivity index (χ4v) is 3.90. The molecule has 158 valence electrons. The molecule has 0 fully saturated rings. The molecule has 0 atom stereocenters. The molecule has 0 amide bonds. The molecule has 6 heteroatoms. The average Bonchev–Trinajstić information content (AvgIpc) is 2.76. The number of rotatable bonds is 4. The minimum atomic E-state index is 0.0521. The van der Waals surface area contributed by atoms with Gasteiger partial charge in [-0.2, -0.15) is 4.57 Å². The molecule has 2 N–H and O–H groups in total. The van der Waals surface area contributed by atoms with Crippen LogP contribution in [0.5, 0.6) is 11.5 Å². The maximum Gasteiger partial charge on any atom is 0.288 e. The maximum absolute atomic E-state index is 11.3. The number of thiocarbonyl (C=S) groups is 1. The van der Waals surface area contributed by atoms with Crippen LogP contribution in [0.15, 0.2) is 60.9 Å². The van der Waals surface area contributed by atoms with E-state index in [1.807, 2.05) is 68.1 Å². The highest BCUT2D eigenvalue weighted by molar-refractivity contribution is 7.81. The Morgan fingerprint density at radius 1 is 0.968 bits per heavy atom. The van der Waals surface area contributed by atoms with Gasteiger partial charge in [0.15, 0.2) is 34.6 Å². The van der Waals surface area contributed by atoms with E-state index in [2.05, 4.69) is 5.32 Å². The van der Waals surface area contributed by atoms with Gasteiger partial charge in [0.2, 0.25) is 0 Å². The molecule has 5 nitrogen and oxygen atoms in total. The number of fused-ring (bicyclic) bond motifs is 1. The van der Waals surface area contributed by atoms with E-state index in [9.17, 15) is 5.11 Å². The fraction of sp³-hybridized carbons (Fsp3) is 0.200. The molecule has 0 spiro atoms. The highest BCUT2D eigenvalue weighted by atomic mass is 32.1. The maximum atomic E-state index is 11.3. The van der Waals surface area contributed by atoms with Crippen LogP contribution in [-0.2, 0) is 0 Å². The number of hydrogen-bond donors (Lipinski definition) is 2. The predicted molar refractivity (Wildman–Crippen MR) is 127 cm³/mol. The predicted octanol–water partition coefficient (Wildman–Crippen LogP) is 4.99. The number of para-hydroxylation sites is 1. The van der Waals surface area contributed by atoms with Crippen molar-refractivity contribution in [2.75, 3.05) is 18.5 Å². The minimum absolute atomic E-state index is 0.0521. The average molecular weight is 434 g/mol. The number of nitrogens with zero attached hydrogens (tertiary/aromatic N) is 1. The lowest BCUT2D eigenvalue weighted by atomic mass is 10.1. The summed E-state index contributed by atoms with van der Waals surface area (Å²) in [5.74, 6) is 1.33. The summed E-state index contributed by atoms with van der Waals surface area (Å²) < 4.78 is 13.1. The number of aliphatic hydroxyl groups is 1. The van der Waals surface area contributed by atoms with Crippen molar-refractivity contribution in [2.45, 2.75) is 20.8 Å². The van der Waals surface area contributed by atoms with E-state index in [1.54, 1.807) is 18.2 Å². The zero-order chi connectivity index (χ0) is 22.0. The smallest absolute Gasteiger partial charge is 0.288 e. The molecule has 1 aliphatic rings. The van der Waals surface area contributed by atoms with Crippen molar-refractivity contribution < 1.29 is 19.1 Å². The first-order chi connectivity index (χ1) is 14.9. The normalized spacial score (nSPS) is 13.4. The monoisotopic (exact) mass is 433 g/mol. The second-order valence-corrected chi connectivity index (χ2v) is 7.97. The summed E-state index contributed by atoms with van der Waals surface area (Å²) in [6.07, 6.45) is 3.80. The van der Waals surface area contributed by atoms with Gasteiger partial charge in [-0.1, -0.05) is 30.4 Å². The fourth-order valence-electron chi connectivity index (χ4n) is 3.59. The second-order valence-electron chi connectivity index (χ2n) is 7.57. The van der Waals surface area contributed by atoms with Gasteiger partial charge in [-0.25, -0.2) is 0 Å². The standard InChI is InChI=1S/C25H24N2O3S/c1-16-6-5-11-27(15-16)23(25(31)26-22-17(2)7-4-8-18(22)3)24(28)19-9-10-20-21(14-19)30-13-12-29-20/h4-11,14-15H,12-13H2,1-3H3,(H-,26,28,31)/p+1. The van der Waals surface area contributed by atoms with Gasteiger partial charge in [0, 0.05) is 22.9 Å². The summed E-state index contributed by atoms with van der Waals surface area (Å²) in [5, 5.41) is 14.7. The molecule has 3 aromatic rings. The summed E-state index contributed by atoms with van der Waals surface area (Å²) in [6, 6.07) is 15.4. The number of nitrogens with one attached hydrogen (secondary N) is 1. The van der Waals surface area contributed by atoms with E-state index >= 15 is 0 Å². The van der Waals surface area contributed by atoms with Gasteiger partial charge in [0.1, 0.15) is 13.2 Å². The lowest BCUT2D eigenvalue weighted by Gasteiger charge is -2.19. The van der Waals surface area contributed by atoms with E-state index in [-0.39, 0.29) is 5.76 Å². The number of aliphatic hydroxyl groups excluding tert-OH is 1. The quantitative estimate of drug-likeness (QED) is 0.263. The van der Waals surface area contributed by atoms with Gasteiger partial charge in [-0.05, 0) is 56.2 Å². The number of aryl methyl sites for hydroxylation is 3. The lowest BCUT2D eigenvalue weighted by Crippen LogP contribution is -2.39. The van der Waals surface area contributed by atoms with E-state index in [0.29, 0.717) is 41.0 Å². The molecule has 0 bridgehead atoms. The SMILES string of the molecule is Cc1ccc[n+](/C(C(=S)Nc2c(C)cccc2C)=C(/O)c2ccc3c(c2)OCCO3)c1. The number of hydrogen-bond acceptors (Lipinski definition) is 4. The van der Waals surface area contributed by atoms with Crippen LogP contribution in [-0.4, -0.2) is 23.3 Å². The van der Waals surface area contributed by atoms with Crippen molar-refractivity contribution >= 4 is 34.3 Å². The molecule has 4 rings (SSSR count). The van der Waals surface area contributed by atoms with Crippen LogP contribution >= 0.6 is 12.2 Å². The molecule has 0 unspecified atom stereocenters. The Hall–Kier alpha value is -3.38. The van der Waals surface area contributed by atoms with Gasteiger partial charge in [-0.3, -0.25) is 0 Å². The highest BCUT2D eigenvalue weighted by Crippen LogP contribution is 2.33. The molecule has 0 aliphatic carbocycles. The van der Waals surface area contributed by atoms with Gasteiger partial charge >= 0.3 is 0 Å². The molecular weight excluding hydrogens is 408 g/mol. The third-order valence-electron chi connectivity index (χ3n) is 5.18. The molecule has 0 saturated carbocycles. The van der Waals surface area contributed by atoms with E-state index in [1.165, 1.54) is 0 Å².